The van der Waals surface area contributed by atoms with Crippen LogP contribution in [-0.4, -0.2) is 51.1 Å². The molecule has 8 heteroatoms. The van der Waals surface area contributed by atoms with E-state index in [9.17, 15) is 4.79 Å². The number of amides is 1. The third kappa shape index (κ3) is 4.44. The summed E-state index contributed by atoms with van der Waals surface area (Å²) in [5.41, 5.74) is 3.29. The van der Waals surface area contributed by atoms with Crippen LogP contribution in [0.25, 0.3) is 5.69 Å². The Hall–Kier alpha value is -3.00. The number of nitrogens with zero attached hydrogens (tertiary/aromatic N) is 4. The van der Waals surface area contributed by atoms with Gasteiger partial charge in [0, 0.05) is 13.0 Å². The molecule has 0 spiro atoms. The van der Waals surface area contributed by atoms with Crippen molar-refractivity contribution in [2.75, 3.05) is 25.5 Å². The quantitative estimate of drug-likeness (QED) is 0.518. The number of benzene rings is 2. The standard InChI is InChI=1S/C25H28N4O3S/c1-17-7-3-4-8-20(17)29-18(2)26-27-25(29)33-16-24(30)28-12-5-9-21(28)19-10-11-22-23(15-19)32-14-6-13-31-22/h3-4,7-8,10-11,15,21H,5-6,9,12-14,16H2,1-2H3. The van der Waals surface area contributed by atoms with E-state index in [2.05, 4.69) is 35.3 Å². The van der Waals surface area contributed by atoms with E-state index in [1.807, 2.05) is 40.7 Å². The number of ether oxygens (including phenoxy) is 2. The lowest BCUT2D eigenvalue weighted by molar-refractivity contribution is -0.129. The molecule has 0 N–H and O–H groups in total. The van der Waals surface area contributed by atoms with E-state index in [1.54, 1.807) is 0 Å². The van der Waals surface area contributed by atoms with Crippen molar-refractivity contribution >= 4 is 17.7 Å². The molecule has 1 aromatic heterocycles. The maximum atomic E-state index is 13.3. The zero-order valence-corrected chi connectivity index (χ0v) is 19.8. The number of likely N-dealkylation sites (tertiary alicyclic amines) is 1. The van der Waals surface area contributed by atoms with E-state index < -0.39 is 0 Å². The van der Waals surface area contributed by atoms with Crippen molar-refractivity contribution in [3.8, 4) is 17.2 Å². The Balaban J connectivity index is 1.31. The maximum absolute atomic E-state index is 13.3. The molecule has 172 valence electrons. The first-order valence-corrected chi connectivity index (χ1v) is 12.4. The van der Waals surface area contributed by atoms with Crippen LogP contribution in [0.15, 0.2) is 47.6 Å². The van der Waals surface area contributed by atoms with Gasteiger partial charge in [0.2, 0.25) is 5.91 Å². The fraction of sp³-hybridized carbons (Fsp3) is 0.400. The van der Waals surface area contributed by atoms with Crippen LogP contribution in [0.1, 0.15) is 42.3 Å². The van der Waals surface area contributed by atoms with Gasteiger partial charge in [-0.1, -0.05) is 36.0 Å². The molecule has 0 bridgehead atoms. The fourth-order valence-corrected chi connectivity index (χ4v) is 5.41. The molecule has 1 atom stereocenters. The van der Waals surface area contributed by atoms with E-state index in [-0.39, 0.29) is 11.9 Å². The Bertz CT molecular complexity index is 1160. The SMILES string of the molecule is Cc1ccccc1-n1c(C)nnc1SCC(=O)N1CCCC1c1ccc2c(c1)OCCCO2. The second kappa shape index (κ2) is 9.47. The number of fused-ring (bicyclic) bond motifs is 1. The van der Waals surface area contributed by atoms with Crippen molar-refractivity contribution < 1.29 is 14.3 Å². The molecular formula is C25H28N4O3S. The minimum atomic E-state index is 0.0613. The lowest BCUT2D eigenvalue weighted by Crippen LogP contribution is -2.32. The summed E-state index contributed by atoms with van der Waals surface area (Å²) in [6.07, 6.45) is 2.82. The van der Waals surface area contributed by atoms with Gasteiger partial charge in [-0.3, -0.25) is 9.36 Å². The van der Waals surface area contributed by atoms with E-state index in [0.717, 1.165) is 65.1 Å². The first-order chi connectivity index (χ1) is 16.1. The Morgan fingerprint density at radius 3 is 2.73 bits per heavy atom. The Morgan fingerprint density at radius 2 is 1.88 bits per heavy atom. The Morgan fingerprint density at radius 1 is 1.06 bits per heavy atom. The van der Waals surface area contributed by atoms with Crippen LogP contribution in [0.3, 0.4) is 0 Å². The predicted octanol–water partition coefficient (Wildman–Crippen LogP) is 4.50. The molecule has 1 saturated heterocycles. The van der Waals surface area contributed by atoms with Gasteiger partial charge in [0.1, 0.15) is 5.82 Å². The summed E-state index contributed by atoms with van der Waals surface area (Å²) in [4.78, 5) is 15.3. The van der Waals surface area contributed by atoms with E-state index in [0.29, 0.717) is 19.0 Å². The van der Waals surface area contributed by atoms with Gasteiger partial charge in [-0.15, -0.1) is 10.2 Å². The number of hydrogen-bond acceptors (Lipinski definition) is 6. The van der Waals surface area contributed by atoms with Crippen LogP contribution in [0.4, 0.5) is 0 Å². The number of hydrogen-bond donors (Lipinski definition) is 0. The number of aryl methyl sites for hydroxylation is 2. The number of rotatable bonds is 5. The summed E-state index contributed by atoms with van der Waals surface area (Å²) in [6, 6.07) is 14.3. The highest BCUT2D eigenvalue weighted by Gasteiger charge is 2.31. The molecule has 1 unspecified atom stereocenters. The van der Waals surface area contributed by atoms with Gasteiger partial charge >= 0.3 is 0 Å². The summed E-state index contributed by atoms with van der Waals surface area (Å²) in [5.74, 6) is 2.82. The first-order valence-electron chi connectivity index (χ1n) is 11.4. The highest BCUT2D eigenvalue weighted by molar-refractivity contribution is 7.99. The smallest absolute Gasteiger partial charge is 0.233 e. The van der Waals surface area contributed by atoms with E-state index in [1.165, 1.54) is 11.8 Å². The number of aromatic nitrogens is 3. The summed E-state index contributed by atoms with van der Waals surface area (Å²) >= 11 is 1.44. The predicted molar refractivity (Wildman–Crippen MR) is 127 cm³/mol. The average molecular weight is 465 g/mol. The average Bonchev–Trinajstić information content (AvgIpc) is 3.38. The summed E-state index contributed by atoms with van der Waals surface area (Å²) < 4.78 is 13.7. The lowest BCUT2D eigenvalue weighted by Gasteiger charge is -2.25. The second-order valence-corrected chi connectivity index (χ2v) is 9.38. The van der Waals surface area contributed by atoms with Gasteiger partial charge in [-0.2, -0.15) is 0 Å². The number of para-hydroxylation sites is 1. The van der Waals surface area contributed by atoms with Crippen molar-refractivity contribution in [1.82, 2.24) is 19.7 Å². The van der Waals surface area contributed by atoms with Crippen LogP contribution < -0.4 is 9.47 Å². The summed E-state index contributed by atoms with van der Waals surface area (Å²) in [5, 5.41) is 9.34. The molecule has 1 fully saturated rings. The van der Waals surface area contributed by atoms with Crippen molar-refractivity contribution in [3.05, 3.63) is 59.4 Å². The van der Waals surface area contributed by atoms with Crippen molar-refractivity contribution in [2.45, 2.75) is 44.3 Å². The van der Waals surface area contributed by atoms with Gasteiger partial charge in [0.15, 0.2) is 16.7 Å². The normalized spacial score (nSPS) is 17.8. The zero-order valence-electron chi connectivity index (χ0n) is 19.0. The molecule has 7 nitrogen and oxygen atoms in total. The van der Waals surface area contributed by atoms with Crippen LogP contribution in [-0.2, 0) is 4.79 Å². The molecule has 2 aromatic carbocycles. The minimum Gasteiger partial charge on any atom is -0.490 e. The van der Waals surface area contributed by atoms with Crippen molar-refractivity contribution in [2.24, 2.45) is 0 Å². The molecule has 5 rings (SSSR count). The van der Waals surface area contributed by atoms with Crippen LogP contribution >= 0.6 is 11.8 Å². The van der Waals surface area contributed by atoms with Crippen molar-refractivity contribution in [1.29, 1.82) is 0 Å². The molecule has 0 radical (unpaired) electrons. The Labute approximate surface area is 198 Å². The lowest BCUT2D eigenvalue weighted by atomic mass is 10.0. The minimum absolute atomic E-state index is 0.0613. The molecule has 2 aliphatic rings. The topological polar surface area (TPSA) is 69.5 Å². The summed E-state index contributed by atoms with van der Waals surface area (Å²) in [6.45, 7) is 6.10. The van der Waals surface area contributed by atoms with Gasteiger partial charge in [0.05, 0.1) is 30.7 Å². The number of thioether (sulfide) groups is 1. The van der Waals surface area contributed by atoms with Gasteiger partial charge in [-0.05, 0) is 56.0 Å². The highest BCUT2D eigenvalue weighted by atomic mass is 32.2. The summed E-state index contributed by atoms with van der Waals surface area (Å²) in [7, 11) is 0. The van der Waals surface area contributed by atoms with Crippen molar-refractivity contribution in [3.63, 3.8) is 0 Å². The van der Waals surface area contributed by atoms with E-state index >= 15 is 0 Å². The number of carbonyl (C=O) groups is 1. The third-order valence-electron chi connectivity index (χ3n) is 6.21. The monoisotopic (exact) mass is 464 g/mol. The van der Waals surface area contributed by atoms with Gasteiger partial charge < -0.3 is 14.4 Å². The Kier molecular flexibility index (Phi) is 6.26. The molecular weight excluding hydrogens is 436 g/mol. The third-order valence-corrected chi connectivity index (χ3v) is 7.12. The number of carbonyl (C=O) groups excluding carboxylic acids is 1. The molecule has 1 amide bonds. The molecule has 33 heavy (non-hydrogen) atoms. The molecule has 0 aliphatic carbocycles. The molecule has 2 aliphatic heterocycles. The first kappa shape index (κ1) is 21.8. The van der Waals surface area contributed by atoms with Gasteiger partial charge in [0.25, 0.3) is 0 Å². The largest absolute Gasteiger partial charge is 0.490 e. The van der Waals surface area contributed by atoms with E-state index in [4.69, 9.17) is 9.47 Å². The van der Waals surface area contributed by atoms with Crippen LogP contribution in [0, 0.1) is 13.8 Å². The molecule has 3 aromatic rings. The molecule has 0 saturated carbocycles. The zero-order chi connectivity index (χ0) is 22.8. The van der Waals surface area contributed by atoms with Crippen LogP contribution in [0.5, 0.6) is 11.5 Å². The van der Waals surface area contributed by atoms with Gasteiger partial charge in [-0.25, -0.2) is 0 Å². The second-order valence-electron chi connectivity index (χ2n) is 8.44. The highest BCUT2D eigenvalue weighted by Crippen LogP contribution is 2.38. The maximum Gasteiger partial charge on any atom is 0.233 e. The molecule has 3 heterocycles. The fourth-order valence-electron chi connectivity index (χ4n) is 4.54. The van der Waals surface area contributed by atoms with Crippen LogP contribution in [0.2, 0.25) is 0 Å².